The Labute approximate surface area is 128 Å². The summed E-state index contributed by atoms with van der Waals surface area (Å²) in [5, 5.41) is 0. The first-order valence-corrected chi connectivity index (χ1v) is 7.72. The Bertz CT molecular complexity index is 582. The second-order valence-electron chi connectivity index (χ2n) is 6.56. The maximum Gasteiger partial charge on any atom is 0.416 e. The van der Waals surface area contributed by atoms with Crippen LogP contribution < -0.4 is 0 Å². The number of carbonyl (C=O) groups is 1. The fraction of sp³-hybridized carbons (Fsp3) is 0.588. The van der Waals surface area contributed by atoms with E-state index in [4.69, 9.17) is 0 Å². The van der Waals surface area contributed by atoms with Crippen LogP contribution in [0.1, 0.15) is 47.2 Å². The molecule has 1 aromatic carbocycles. The summed E-state index contributed by atoms with van der Waals surface area (Å²) in [5.74, 6) is -0.260. The van der Waals surface area contributed by atoms with Crippen molar-refractivity contribution < 1.29 is 18.0 Å². The molecular weight excluding hydrogens is 291 g/mol. The first kappa shape index (κ1) is 15.5. The van der Waals surface area contributed by atoms with Crippen LogP contribution in [-0.4, -0.2) is 29.8 Å². The molecule has 0 radical (unpaired) electrons. The van der Waals surface area contributed by atoms with Gasteiger partial charge in [0, 0.05) is 23.6 Å². The van der Waals surface area contributed by atoms with Crippen molar-refractivity contribution in [2.24, 2.45) is 5.92 Å². The molecule has 3 rings (SSSR count). The molecule has 0 saturated carbocycles. The van der Waals surface area contributed by atoms with E-state index in [2.05, 4.69) is 11.9 Å². The highest BCUT2D eigenvalue weighted by Gasteiger charge is 2.42. The Balaban J connectivity index is 1.87. The van der Waals surface area contributed by atoms with Gasteiger partial charge in [0.25, 0.3) is 0 Å². The summed E-state index contributed by atoms with van der Waals surface area (Å²) in [4.78, 5) is 15.1. The number of benzene rings is 1. The topological polar surface area (TPSA) is 20.3 Å². The number of rotatable bonds is 2. The summed E-state index contributed by atoms with van der Waals surface area (Å²) in [6.07, 6.45) is -0.700. The first-order chi connectivity index (χ1) is 10.3. The number of hydrogen-bond acceptors (Lipinski definition) is 2. The predicted octanol–water partition coefficient (Wildman–Crippen LogP) is 4.07. The quantitative estimate of drug-likeness (QED) is 0.767. The van der Waals surface area contributed by atoms with Gasteiger partial charge in [0.15, 0.2) is 5.78 Å². The average molecular weight is 311 g/mol. The van der Waals surface area contributed by atoms with Gasteiger partial charge in [-0.15, -0.1) is 0 Å². The minimum absolute atomic E-state index is 0.0614. The van der Waals surface area contributed by atoms with Crippen LogP contribution in [0.2, 0.25) is 0 Å². The molecule has 0 amide bonds. The molecule has 120 valence electrons. The Morgan fingerprint density at radius 3 is 2.32 bits per heavy atom. The lowest BCUT2D eigenvalue weighted by Gasteiger charge is -2.35. The number of nitrogens with zero attached hydrogens (tertiary/aromatic N) is 1. The van der Waals surface area contributed by atoms with Crippen LogP contribution in [0.5, 0.6) is 0 Å². The van der Waals surface area contributed by atoms with E-state index in [0.717, 1.165) is 31.7 Å². The molecule has 0 spiro atoms. The van der Waals surface area contributed by atoms with Crippen LogP contribution in [0, 0.1) is 12.8 Å². The minimum atomic E-state index is -4.41. The number of piperidine rings is 1. The summed E-state index contributed by atoms with van der Waals surface area (Å²) in [6.45, 7) is 1.40. The van der Waals surface area contributed by atoms with Crippen molar-refractivity contribution in [1.29, 1.82) is 0 Å². The van der Waals surface area contributed by atoms with Crippen LogP contribution in [0.15, 0.2) is 18.2 Å². The normalized spacial score (nSPS) is 28.9. The van der Waals surface area contributed by atoms with Crippen molar-refractivity contribution in [3.8, 4) is 0 Å². The molecule has 0 N–H and O–H groups in total. The van der Waals surface area contributed by atoms with Crippen molar-refractivity contribution in [2.75, 3.05) is 7.05 Å². The van der Waals surface area contributed by atoms with Crippen molar-refractivity contribution in [2.45, 2.75) is 50.9 Å². The van der Waals surface area contributed by atoms with Crippen LogP contribution in [0.4, 0.5) is 13.2 Å². The molecule has 2 nitrogen and oxygen atoms in total. The van der Waals surface area contributed by atoms with Crippen molar-refractivity contribution >= 4 is 5.78 Å². The molecule has 2 bridgehead atoms. The predicted molar refractivity (Wildman–Crippen MR) is 77.8 cm³/mol. The van der Waals surface area contributed by atoms with E-state index >= 15 is 0 Å². The maximum absolute atomic E-state index is 13.0. The van der Waals surface area contributed by atoms with Crippen LogP contribution in [0.3, 0.4) is 0 Å². The third kappa shape index (κ3) is 2.56. The van der Waals surface area contributed by atoms with Gasteiger partial charge in [0.1, 0.15) is 0 Å². The molecule has 2 fully saturated rings. The molecule has 2 saturated heterocycles. The fourth-order valence-corrected chi connectivity index (χ4v) is 4.06. The lowest BCUT2D eigenvalue weighted by Crippen LogP contribution is -2.42. The second kappa shape index (κ2) is 5.37. The van der Waals surface area contributed by atoms with Gasteiger partial charge in [-0.2, -0.15) is 13.2 Å². The molecular formula is C17H20F3NO. The number of halogens is 3. The Morgan fingerprint density at radius 2 is 1.77 bits per heavy atom. The van der Waals surface area contributed by atoms with Crippen molar-refractivity contribution in [1.82, 2.24) is 4.90 Å². The van der Waals surface area contributed by atoms with Gasteiger partial charge < -0.3 is 4.90 Å². The highest BCUT2D eigenvalue weighted by molar-refractivity contribution is 5.99. The number of Topliss-reactive ketones (excluding diaryl/α,β-unsaturated/α-hetero) is 1. The monoisotopic (exact) mass is 311 g/mol. The highest BCUT2D eigenvalue weighted by atomic mass is 19.4. The van der Waals surface area contributed by atoms with Crippen LogP contribution >= 0.6 is 0 Å². The lowest BCUT2D eigenvalue weighted by molar-refractivity contribution is -0.138. The smallest absolute Gasteiger partial charge is 0.300 e. The summed E-state index contributed by atoms with van der Waals surface area (Å²) in [6, 6.07) is 4.72. The van der Waals surface area contributed by atoms with Gasteiger partial charge in [0.2, 0.25) is 0 Å². The summed E-state index contributed by atoms with van der Waals surface area (Å²) >= 11 is 0. The maximum atomic E-state index is 13.0. The number of ketones is 1. The summed E-state index contributed by atoms with van der Waals surface area (Å²) in [7, 11) is 2.08. The fourth-order valence-electron chi connectivity index (χ4n) is 4.06. The number of fused-ring (bicyclic) bond motifs is 2. The third-order valence-corrected chi connectivity index (χ3v) is 5.37. The van der Waals surface area contributed by atoms with Gasteiger partial charge >= 0.3 is 6.18 Å². The van der Waals surface area contributed by atoms with E-state index in [-0.39, 0.29) is 22.8 Å². The molecule has 2 aliphatic rings. The van der Waals surface area contributed by atoms with Crippen molar-refractivity contribution in [3.05, 3.63) is 34.9 Å². The van der Waals surface area contributed by atoms with Gasteiger partial charge in [0.05, 0.1) is 5.56 Å². The molecule has 2 unspecified atom stereocenters. The lowest BCUT2D eigenvalue weighted by atomic mass is 9.83. The van der Waals surface area contributed by atoms with E-state index in [1.54, 1.807) is 0 Å². The molecule has 0 aromatic heterocycles. The molecule has 2 atom stereocenters. The minimum Gasteiger partial charge on any atom is -0.300 e. The largest absolute Gasteiger partial charge is 0.416 e. The number of hydrogen-bond donors (Lipinski definition) is 0. The van der Waals surface area contributed by atoms with Gasteiger partial charge in [-0.25, -0.2) is 0 Å². The standard InChI is InChI=1S/C17H20F3NO/c1-10-14(4-3-5-15(10)17(18,19)20)16(22)11-8-12-6-7-13(9-11)21(12)2/h3-5,11-13H,6-9H2,1-2H3. The molecule has 22 heavy (non-hydrogen) atoms. The Hall–Kier alpha value is -1.36. The van der Waals surface area contributed by atoms with Gasteiger partial charge in [-0.3, -0.25) is 4.79 Å². The van der Waals surface area contributed by atoms with Gasteiger partial charge in [-0.05, 0) is 51.3 Å². The molecule has 2 aliphatic heterocycles. The molecule has 5 heteroatoms. The van der Waals surface area contributed by atoms with E-state index in [1.807, 2.05) is 0 Å². The van der Waals surface area contributed by atoms with E-state index in [0.29, 0.717) is 12.1 Å². The Kier molecular flexibility index (Phi) is 3.79. The zero-order valence-electron chi connectivity index (χ0n) is 12.8. The Morgan fingerprint density at radius 1 is 1.18 bits per heavy atom. The van der Waals surface area contributed by atoms with E-state index in [9.17, 15) is 18.0 Å². The van der Waals surface area contributed by atoms with E-state index < -0.39 is 11.7 Å². The summed E-state index contributed by atoms with van der Waals surface area (Å²) < 4.78 is 39.0. The zero-order valence-corrected chi connectivity index (χ0v) is 12.8. The molecule has 2 heterocycles. The van der Waals surface area contributed by atoms with E-state index in [1.165, 1.54) is 19.1 Å². The SMILES string of the molecule is Cc1c(C(=O)C2CC3CCC(C2)N3C)cccc1C(F)(F)F. The van der Waals surface area contributed by atoms with Crippen LogP contribution in [-0.2, 0) is 6.18 Å². The number of alkyl halides is 3. The zero-order chi connectivity index (χ0) is 16.1. The highest BCUT2D eigenvalue weighted by Crippen LogP contribution is 2.40. The summed E-state index contributed by atoms with van der Waals surface area (Å²) in [5.41, 5.74) is -0.399. The third-order valence-electron chi connectivity index (χ3n) is 5.37. The van der Waals surface area contributed by atoms with Crippen molar-refractivity contribution in [3.63, 3.8) is 0 Å². The average Bonchev–Trinajstić information content (AvgIpc) is 2.67. The second-order valence-corrected chi connectivity index (χ2v) is 6.56. The van der Waals surface area contributed by atoms with Crippen LogP contribution in [0.25, 0.3) is 0 Å². The molecule has 0 aliphatic carbocycles. The van der Waals surface area contributed by atoms with Gasteiger partial charge in [-0.1, -0.05) is 12.1 Å². The molecule has 1 aromatic rings. The number of carbonyl (C=O) groups excluding carboxylic acids is 1. The first-order valence-electron chi connectivity index (χ1n) is 7.72.